The van der Waals surface area contributed by atoms with Crippen molar-refractivity contribution in [2.45, 2.75) is 50.1 Å². The smallest absolute Gasteiger partial charge is 0.158 e. The third-order valence-electron chi connectivity index (χ3n) is 7.22. The zero-order valence-corrected chi connectivity index (χ0v) is 15.9. The highest BCUT2D eigenvalue weighted by Crippen LogP contribution is 2.47. The molecule has 0 aromatic heterocycles. The van der Waals surface area contributed by atoms with Crippen LogP contribution in [0.2, 0.25) is 0 Å². The molecule has 1 N–H and O–H groups in total. The predicted octanol–water partition coefficient (Wildman–Crippen LogP) is 4.81. The van der Waals surface area contributed by atoms with Crippen LogP contribution in [0.15, 0.2) is 54.6 Å². The number of hydrogen-bond donors (Lipinski definition) is 1. The van der Waals surface area contributed by atoms with Crippen molar-refractivity contribution >= 4 is 11.4 Å². The van der Waals surface area contributed by atoms with E-state index in [-0.39, 0.29) is 16.2 Å². The third kappa shape index (κ3) is 2.70. The molecule has 2 fully saturated rings. The van der Waals surface area contributed by atoms with Crippen LogP contribution < -0.4 is 9.96 Å². The summed E-state index contributed by atoms with van der Waals surface area (Å²) in [6, 6.07) is 19.3. The molecule has 1 aliphatic carbocycles. The van der Waals surface area contributed by atoms with Crippen LogP contribution in [0, 0.1) is 5.21 Å². The van der Waals surface area contributed by atoms with E-state index in [9.17, 15) is 5.21 Å². The Morgan fingerprint density at radius 2 is 1.59 bits per heavy atom. The van der Waals surface area contributed by atoms with E-state index in [0.717, 1.165) is 37.3 Å². The first-order valence-electron chi connectivity index (χ1n) is 10.5. The predicted molar refractivity (Wildman–Crippen MR) is 111 cm³/mol. The Labute approximate surface area is 162 Å². The van der Waals surface area contributed by atoms with Crippen LogP contribution >= 0.6 is 0 Å². The minimum absolute atomic E-state index is 0.159. The van der Waals surface area contributed by atoms with Crippen molar-refractivity contribution in [3.63, 3.8) is 0 Å². The van der Waals surface area contributed by atoms with Crippen molar-refractivity contribution in [3.05, 3.63) is 65.4 Å². The van der Waals surface area contributed by atoms with Gasteiger partial charge in [0.15, 0.2) is 12.4 Å². The number of likely N-dealkylation sites (tertiary alicyclic amines) is 1. The molecule has 27 heavy (non-hydrogen) atoms. The van der Waals surface area contributed by atoms with Gasteiger partial charge >= 0.3 is 0 Å². The molecule has 4 nitrogen and oxygen atoms in total. The Morgan fingerprint density at radius 3 is 2.33 bits per heavy atom. The topological polar surface area (TPSA) is 38.3 Å². The molecule has 0 amide bonds. The van der Waals surface area contributed by atoms with Gasteiger partial charge in [-0.15, -0.1) is 0 Å². The van der Waals surface area contributed by atoms with E-state index in [2.05, 4.69) is 40.5 Å². The van der Waals surface area contributed by atoms with Crippen LogP contribution in [0.1, 0.15) is 44.1 Å². The second-order valence-electron chi connectivity index (χ2n) is 8.47. The first-order valence-corrected chi connectivity index (χ1v) is 10.5. The van der Waals surface area contributed by atoms with E-state index >= 15 is 0 Å². The zero-order valence-electron chi connectivity index (χ0n) is 15.9. The molecule has 1 unspecified atom stereocenters. The molecule has 3 aliphatic rings. The molecule has 1 saturated carbocycles. The summed E-state index contributed by atoms with van der Waals surface area (Å²) >= 11 is 0. The van der Waals surface area contributed by atoms with Crippen LogP contribution in [-0.4, -0.2) is 30.7 Å². The van der Waals surface area contributed by atoms with Crippen molar-refractivity contribution in [2.75, 3.05) is 25.1 Å². The molecular formula is C23H29N3O. The van der Waals surface area contributed by atoms with E-state index in [4.69, 9.17) is 0 Å². The molecule has 2 aromatic carbocycles. The van der Waals surface area contributed by atoms with Crippen LogP contribution in [-0.2, 0) is 5.54 Å². The number of anilines is 1. The fraction of sp³-hybridized carbons (Fsp3) is 0.478. The molecule has 0 spiro atoms. The van der Waals surface area contributed by atoms with Crippen molar-refractivity contribution in [1.29, 1.82) is 0 Å². The summed E-state index contributed by atoms with van der Waals surface area (Å²) < 4.78 is -0.192. The summed E-state index contributed by atoms with van der Waals surface area (Å²) in [5.74, 6) is 0. The van der Waals surface area contributed by atoms with E-state index in [1.807, 2.05) is 24.3 Å². The molecule has 2 aromatic rings. The number of quaternary nitrogens is 1. The maximum absolute atomic E-state index is 13.7. The molecule has 4 heteroatoms. The lowest BCUT2D eigenvalue weighted by Gasteiger charge is -2.51. The number of hydrogen-bond acceptors (Lipinski definition) is 3. The summed E-state index contributed by atoms with van der Waals surface area (Å²) in [4.78, 5) is 2.70. The maximum atomic E-state index is 13.7. The molecule has 0 bridgehead atoms. The van der Waals surface area contributed by atoms with Gasteiger partial charge in [-0.25, -0.2) is 0 Å². The van der Waals surface area contributed by atoms with Crippen LogP contribution in [0.4, 0.5) is 11.4 Å². The summed E-state index contributed by atoms with van der Waals surface area (Å²) in [6.07, 6.45) is 7.09. The number of piperidine rings is 1. The minimum atomic E-state index is -0.192. The number of hydroxylamine groups is 2. The normalized spacial score (nSPS) is 28.0. The highest BCUT2D eigenvalue weighted by Gasteiger charge is 2.45. The second kappa shape index (κ2) is 6.62. The van der Waals surface area contributed by atoms with E-state index < -0.39 is 0 Å². The van der Waals surface area contributed by atoms with Crippen molar-refractivity contribution < 1.29 is 0 Å². The van der Waals surface area contributed by atoms with Crippen molar-refractivity contribution in [2.24, 2.45) is 0 Å². The van der Waals surface area contributed by atoms with Crippen LogP contribution in [0.25, 0.3) is 0 Å². The third-order valence-corrected chi connectivity index (χ3v) is 7.22. The fourth-order valence-corrected chi connectivity index (χ4v) is 5.77. The monoisotopic (exact) mass is 363 g/mol. The minimum Gasteiger partial charge on any atom is -0.626 e. The van der Waals surface area contributed by atoms with Gasteiger partial charge < -0.3 is 15.2 Å². The standard InChI is InChI=1S/C23H29N3O/c27-26(18-24-21-10-4-5-11-22(21)26)20-12-16-25(17-13-20)23(14-6-7-15-23)19-8-2-1-3-9-19/h1-5,8-11,20,24H,6-7,12-18H2. The van der Waals surface area contributed by atoms with E-state index in [0.29, 0.717) is 6.67 Å². The highest BCUT2D eigenvalue weighted by atomic mass is 16.6. The van der Waals surface area contributed by atoms with Crippen LogP contribution in [0.3, 0.4) is 0 Å². The number of benzene rings is 2. The Morgan fingerprint density at radius 1 is 0.926 bits per heavy atom. The first-order chi connectivity index (χ1) is 13.2. The summed E-state index contributed by atoms with van der Waals surface area (Å²) in [5.41, 5.74) is 3.61. The molecule has 1 saturated heterocycles. The van der Waals surface area contributed by atoms with Gasteiger partial charge in [0, 0.05) is 37.5 Å². The number of fused-ring (bicyclic) bond motifs is 1. The zero-order chi connectivity index (χ0) is 18.3. The van der Waals surface area contributed by atoms with Gasteiger partial charge in [0.2, 0.25) is 0 Å². The molecule has 2 aliphatic heterocycles. The molecule has 5 rings (SSSR count). The number of para-hydroxylation sites is 2. The Balaban J connectivity index is 1.36. The molecule has 1 atom stereocenters. The number of nitrogens with one attached hydrogen (secondary N) is 1. The van der Waals surface area contributed by atoms with Crippen molar-refractivity contribution in [1.82, 2.24) is 9.55 Å². The largest absolute Gasteiger partial charge is 0.626 e. The highest BCUT2D eigenvalue weighted by molar-refractivity contribution is 5.72. The van der Waals surface area contributed by atoms with Gasteiger partial charge in [-0.1, -0.05) is 55.3 Å². The van der Waals surface area contributed by atoms with Crippen LogP contribution in [0.5, 0.6) is 0 Å². The molecule has 0 radical (unpaired) electrons. The van der Waals surface area contributed by atoms with E-state index in [1.165, 1.54) is 31.2 Å². The molecular weight excluding hydrogens is 334 g/mol. The quantitative estimate of drug-likeness (QED) is 0.628. The second-order valence-corrected chi connectivity index (χ2v) is 8.47. The first kappa shape index (κ1) is 17.2. The molecule has 2 heterocycles. The van der Waals surface area contributed by atoms with Gasteiger partial charge in [0.1, 0.15) is 5.69 Å². The average Bonchev–Trinajstić information content (AvgIpc) is 3.36. The Kier molecular flexibility index (Phi) is 4.23. The van der Waals surface area contributed by atoms with Crippen molar-refractivity contribution in [3.8, 4) is 0 Å². The Bertz CT molecular complexity index is 794. The van der Waals surface area contributed by atoms with E-state index in [1.54, 1.807) is 0 Å². The lowest BCUT2D eigenvalue weighted by molar-refractivity contribution is 0.0434. The van der Waals surface area contributed by atoms with Gasteiger partial charge in [-0.05, 0) is 24.5 Å². The summed E-state index contributed by atoms with van der Waals surface area (Å²) in [6.45, 7) is 2.54. The number of rotatable bonds is 3. The van der Waals surface area contributed by atoms with Gasteiger partial charge in [-0.2, -0.15) is 0 Å². The lowest BCUT2D eigenvalue weighted by atomic mass is 9.84. The van der Waals surface area contributed by atoms with Gasteiger partial charge in [-0.3, -0.25) is 4.90 Å². The average molecular weight is 364 g/mol. The van der Waals surface area contributed by atoms with Gasteiger partial charge in [0.25, 0.3) is 0 Å². The number of nitrogens with zero attached hydrogens (tertiary/aromatic N) is 2. The van der Waals surface area contributed by atoms with Gasteiger partial charge in [0.05, 0.1) is 6.04 Å². The lowest BCUT2D eigenvalue weighted by Crippen LogP contribution is -2.58. The maximum Gasteiger partial charge on any atom is 0.158 e. The fourth-order valence-electron chi connectivity index (χ4n) is 5.77. The summed E-state index contributed by atoms with van der Waals surface area (Å²) in [5, 5.41) is 17.0. The molecule has 142 valence electrons. The Hall–Kier alpha value is -1.88. The summed E-state index contributed by atoms with van der Waals surface area (Å²) in [7, 11) is 0. The SMILES string of the molecule is [O-][N+]1(C2CCN(C3(c4ccccc4)CCCC3)CC2)CNc2ccccc21.